The number of nitrogens with zero attached hydrogens (tertiary/aromatic N) is 3. The Morgan fingerprint density at radius 1 is 1.00 bits per heavy atom. The van der Waals surface area contributed by atoms with E-state index in [0.717, 1.165) is 5.69 Å². The minimum absolute atomic E-state index is 0.0828. The molecule has 4 N–H and O–H groups in total. The second-order valence-corrected chi connectivity index (χ2v) is 3.44. The number of nitrogens with one attached hydrogen (secondary N) is 3. The summed E-state index contributed by atoms with van der Waals surface area (Å²) in [5.41, 5.74) is 2.77. The first-order chi connectivity index (χ1) is 8.81. The molecular formula is C11H14N6O. The SMILES string of the molecule is CCNc1nc(NO)nc(Nc2ccccc2)n1. The van der Waals surface area contributed by atoms with Crippen LogP contribution in [-0.4, -0.2) is 26.7 Å². The summed E-state index contributed by atoms with van der Waals surface area (Å²) in [6.45, 7) is 2.61. The molecule has 0 unspecified atom stereocenters. The van der Waals surface area contributed by atoms with Crippen LogP contribution in [-0.2, 0) is 0 Å². The molecule has 2 aromatic rings. The molecular weight excluding hydrogens is 232 g/mol. The van der Waals surface area contributed by atoms with Gasteiger partial charge in [0, 0.05) is 12.2 Å². The second kappa shape index (κ2) is 5.78. The Balaban J connectivity index is 2.24. The van der Waals surface area contributed by atoms with Gasteiger partial charge in [-0.25, -0.2) is 5.48 Å². The zero-order valence-corrected chi connectivity index (χ0v) is 9.88. The van der Waals surface area contributed by atoms with Gasteiger partial charge >= 0.3 is 0 Å². The van der Waals surface area contributed by atoms with Crippen molar-refractivity contribution in [2.75, 3.05) is 22.7 Å². The maximum atomic E-state index is 8.86. The van der Waals surface area contributed by atoms with Crippen molar-refractivity contribution in [3.8, 4) is 0 Å². The molecule has 0 aliphatic heterocycles. The summed E-state index contributed by atoms with van der Waals surface area (Å²) in [6, 6.07) is 9.51. The third-order valence-electron chi connectivity index (χ3n) is 2.10. The molecule has 0 atom stereocenters. The molecule has 0 saturated carbocycles. The van der Waals surface area contributed by atoms with Crippen LogP contribution in [0.2, 0.25) is 0 Å². The van der Waals surface area contributed by atoms with Gasteiger partial charge in [0.2, 0.25) is 11.9 Å². The van der Waals surface area contributed by atoms with Gasteiger partial charge in [0.25, 0.3) is 5.95 Å². The van der Waals surface area contributed by atoms with E-state index in [-0.39, 0.29) is 5.95 Å². The van der Waals surface area contributed by atoms with Gasteiger partial charge in [0.05, 0.1) is 0 Å². The van der Waals surface area contributed by atoms with Crippen molar-refractivity contribution in [1.29, 1.82) is 0 Å². The van der Waals surface area contributed by atoms with Gasteiger partial charge in [-0.2, -0.15) is 15.0 Å². The van der Waals surface area contributed by atoms with E-state index >= 15 is 0 Å². The zero-order valence-electron chi connectivity index (χ0n) is 9.88. The summed E-state index contributed by atoms with van der Waals surface area (Å²) in [7, 11) is 0. The molecule has 18 heavy (non-hydrogen) atoms. The van der Waals surface area contributed by atoms with Crippen molar-refractivity contribution in [1.82, 2.24) is 15.0 Å². The third-order valence-corrected chi connectivity index (χ3v) is 2.10. The van der Waals surface area contributed by atoms with Crippen molar-refractivity contribution < 1.29 is 5.21 Å². The Morgan fingerprint density at radius 2 is 1.67 bits per heavy atom. The number of hydrogen-bond acceptors (Lipinski definition) is 7. The summed E-state index contributed by atoms with van der Waals surface area (Å²) in [5.74, 6) is 0.825. The number of rotatable bonds is 5. The molecule has 0 bridgehead atoms. The van der Waals surface area contributed by atoms with E-state index < -0.39 is 0 Å². The molecule has 0 radical (unpaired) electrons. The number of para-hydroxylation sites is 1. The van der Waals surface area contributed by atoms with Crippen molar-refractivity contribution in [2.45, 2.75) is 6.92 Å². The fourth-order valence-corrected chi connectivity index (χ4v) is 1.37. The molecule has 7 nitrogen and oxygen atoms in total. The predicted octanol–water partition coefficient (Wildman–Crippen LogP) is 1.85. The highest BCUT2D eigenvalue weighted by molar-refractivity contribution is 5.55. The van der Waals surface area contributed by atoms with Crippen LogP contribution in [0, 0.1) is 0 Å². The van der Waals surface area contributed by atoms with E-state index in [0.29, 0.717) is 18.4 Å². The summed E-state index contributed by atoms with van der Waals surface area (Å²) in [5, 5.41) is 14.8. The third kappa shape index (κ3) is 3.05. The molecule has 2 rings (SSSR count). The lowest BCUT2D eigenvalue weighted by atomic mass is 10.3. The van der Waals surface area contributed by atoms with E-state index in [1.54, 1.807) is 0 Å². The number of hydrogen-bond donors (Lipinski definition) is 4. The lowest BCUT2D eigenvalue weighted by Crippen LogP contribution is -2.09. The summed E-state index contributed by atoms with van der Waals surface area (Å²) in [4.78, 5) is 12.1. The summed E-state index contributed by atoms with van der Waals surface area (Å²) in [6.07, 6.45) is 0. The first-order valence-corrected chi connectivity index (χ1v) is 5.54. The monoisotopic (exact) mass is 246 g/mol. The van der Waals surface area contributed by atoms with Crippen molar-refractivity contribution in [3.63, 3.8) is 0 Å². The van der Waals surface area contributed by atoms with E-state index in [4.69, 9.17) is 5.21 Å². The van der Waals surface area contributed by atoms with Gasteiger partial charge in [-0.1, -0.05) is 18.2 Å². The van der Waals surface area contributed by atoms with Gasteiger partial charge in [0.1, 0.15) is 0 Å². The minimum atomic E-state index is 0.0828. The van der Waals surface area contributed by atoms with Gasteiger partial charge in [0.15, 0.2) is 0 Å². The average Bonchev–Trinajstić information content (AvgIpc) is 2.40. The van der Waals surface area contributed by atoms with Crippen LogP contribution >= 0.6 is 0 Å². The van der Waals surface area contributed by atoms with E-state index in [1.165, 1.54) is 0 Å². The Morgan fingerprint density at radius 3 is 2.33 bits per heavy atom. The van der Waals surface area contributed by atoms with Crippen LogP contribution in [0.15, 0.2) is 30.3 Å². The largest absolute Gasteiger partial charge is 0.354 e. The Kier molecular flexibility index (Phi) is 3.87. The van der Waals surface area contributed by atoms with E-state index in [9.17, 15) is 0 Å². The van der Waals surface area contributed by atoms with Gasteiger partial charge in [-0.05, 0) is 19.1 Å². The average molecular weight is 246 g/mol. The van der Waals surface area contributed by atoms with Crippen LogP contribution in [0.25, 0.3) is 0 Å². The molecule has 7 heteroatoms. The minimum Gasteiger partial charge on any atom is -0.354 e. The van der Waals surface area contributed by atoms with E-state index in [1.807, 2.05) is 42.7 Å². The van der Waals surface area contributed by atoms with Crippen LogP contribution in [0.5, 0.6) is 0 Å². The van der Waals surface area contributed by atoms with Gasteiger partial charge in [-0.3, -0.25) is 5.21 Å². The highest BCUT2D eigenvalue weighted by Gasteiger charge is 2.05. The summed E-state index contributed by atoms with van der Waals surface area (Å²) < 4.78 is 0. The van der Waals surface area contributed by atoms with Crippen LogP contribution < -0.4 is 16.1 Å². The molecule has 0 saturated heterocycles. The predicted molar refractivity (Wildman–Crippen MR) is 69.1 cm³/mol. The van der Waals surface area contributed by atoms with E-state index in [2.05, 4.69) is 25.6 Å². The molecule has 0 amide bonds. The lowest BCUT2D eigenvalue weighted by molar-refractivity contribution is 0.382. The van der Waals surface area contributed by atoms with Crippen LogP contribution in [0.1, 0.15) is 6.92 Å². The molecule has 1 aromatic heterocycles. The van der Waals surface area contributed by atoms with Crippen LogP contribution in [0.4, 0.5) is 23.5 Å². The molecule has 94 valence electrons. The fraction of sp³-hybridized carbons (Fsp3) is 0.182. The topological polar surface area (TPSA) is 95.0 Å². The maximum absolute atomic E-state index is 8.86. The Bertz CT molecular complexity index is 504. The molecule has 0 aliphatic carbocycles. The smallest absolute Gasteiger partial charge is 0.253 e. The highest BCUT2D eigenvalue weighted by atomic mass is 16.5. The normalized spacial score (nSPS) is 9.89. The quantitative estimate of drug-likeness (QED) is 0.598. The second-order valence-electron chi connectivity index (χ2n) is 3.44. The van der Waals surface area contributed by atoms with Crippen molar-refractivity contribution >= 4 is 23.5 Å². The Hall–Kier alpha value is -2.41. The molecule has 0 fully saturated rings. The van der Waals surface area contributed by atoms with Gasteiger partial charge in [-0.15, -0.1) is 0 Å². The number of benzene rings is 1. The maximum Gasteiger partial charge on any atom is 0.253 e. The van der Waals surface area contributed by atoms with Gasteiger partial charge < -0.3 is 10.6 Å². The molecule has 1 heterocycles. The molecule has 1 aromatic carbocycles. The Labute approximate surface area is 104 Å². The summed E-state index contributed by atoms with van der Waals surface area (Å²) >= 11 is 0. The van der Waals surface area contributed by atoms with Crippen molar-refractivity contribution in [2.24, 2.45) is 0 Å². The van der Waals surface area contributed by atoms with Crippen molar-refractivity contribution in [3.05, 3.63) is 30.3 Å². The zero-order chi connectivity index (χ0) is 12.8. The first kappa shape index (κ1) is 12.1. The van der Waals surface area contributed by atoms with Crippen LogP contribution in [0.3, 0.4) is 0 Å². The number of anilines is 4. The first-order valence-electron chi connectivity index (χ1n) is 5.54. The molecule has 0 aliphatic rings. The standard InChI is InChI=1S/C11H14N6O/c1-2-12-9-14-10(16-11(15-9)17-18)13-8-6-4-3-5-7-8/h3-7,18H,2H2,1H3,(H3,12,13,14,15,16,17). The highest BCUT2D eigenvalue weighted by Crippen LogP contribution is 2.14. The lowest BCUT2D eigenvalue weighted by Gasteiger charge is -2.08. The number of aromatic nitrogens is 3. The molecule has 0 spiro atoms. The fourth-order valence-electron chi connectivity index (χ4n) is 1.37.